The summed E-state index contributed by atoms with van der Waals surface area (Å²) in [5.41, 5.74) is 0. The van der Waals surface area contributed by atoms with Crippen molar-refractivity contribution in [1.29, 1.82) is 0 Å². The van der Waals surface area contributed by atoms with Crippen molar-refractivity contribution in [2.75, 3.05) is 32.7 Å². The third kappa shape index (κ3) is 5.56. The van der Waals surface area contributed by atoms with E-state index in [4.69, 9.17) is 0 Å². The van der Waals surface area contributed by atoms with Crippen LogP contribution in [-0.4, -0.2) is 65.7 Å². The van der Waals surface area contributed by atoms with Gasteiger partial charge in [-0.05, 0) is 34.5 Å². The molecule has 2 aliphatic rings. The molecule has 2 saturated heterocycles. The molecule has 1 amide bonds. The Labute approximate surface area is 161 Å². The number of aliphatic hydroxyl groups excluding tert-OH is 1. The molecule has 0 aliphatic carbocycles. The Morgan fingerprint density at radius 2 is 2.00 bits per heavy atom. The summed E-state index contributed by atoms with van der Waals surface area (Å²) in [6.07, 6.45) is 0.167. The molecule has 3 heterocycles. The number of hydrogen-bond acceptors (Lipinski definition) is 5. The van der Waals surface area contributed by atoms with E-state index in [-0.39, 0.29) is 42.9 Å². The number of rotatable bonds is 3. The maximum Gasteiger partial charge on any atom is 0.239 e. The summed E-state index contributed by atoms with van der Waals surface area (Å²) < 4.78 is 1.16. The molecule has 5 nitrogen and oxygen atoms in total. The van der Waals surface area contributed by atoms with Gasteiger partial charge in [-0.15, -0.1) is 36.2 Å². The number of hydrogen-bond donors (Lipinski definition) is 2. The molecule has 132 valence electrons. The molecule has 0 saturated carbocycles. The molecule has 0 bridgehead atoms. The smallest absolute Gasteiger partial charge is 0.239 e. The minimum Gasteiger partial charge on any atom is -0.392 e. The molecule has 2 unspecified atom stereocenters. The number of β-amino-alcohol motifs (C(OH)–C–C–N with tert-alkyl or cyclic N) is 1. The third-order valence-electron chi connectivity index (χ3n) is 4.10. The van der Waals surface area contributed by atoms with Crippen molar-refractivity contribution in [2.45, 2.75) is 25.1 Å². The van der Waals surface area contributed by atoms with Crippen molar-refractivity contribution in [3.63, 3.8) is 0 Å². The van der Waals surface area contributed by atoms with E-state index < -0.39 is 0 Å². The molecule has 1 aromatic rings. The van der Waals surface area contributed by atoms with E-state index in [2.05, 4.69) is 38.3 Å². The van der Waals surface area contributed by atoms with Crippen LogP contribution in [0.1, 0.15) is 11.3 Å². The highest BCUT2D eigenvalue weighted by Crippen LogP contribution is 2.23. The van der Waals surface area contributed by atoms with Crippen LogP contribution >= 0.6 is 52.1 Å². The summed E-state index contributed by atoms with van der Waals surface area (Å²) in [6.45, 7) is 4.87. The molecule has 0 radical (unpaired) electrons. The number of halogens is 3. The summed E-state index contributed by atoms with van der Waals surface area (Å²) in [6, 6.07) is 4.03. The molecular formula is C14H22BrCl2N3O2S. The van der Waals surface area contributed by atoms with E-state index in [1.165, 1.54) is 4.88 Å². The maximum atomic E-state index is 12.3. The quantitative estimate of drug-likeness (QED) is 0.742. The second-order valence-electron chi connectivity index (χ2n) is 5.66. The predicted molar refractivity (Wildman–Crippen MR) is 101 cm³/mol. The highest BCUT2D eigenvalue weighted by atomic mass is 79.9. The van der Waals surface area contributed by atoms with E-state index in [0.717, 1.165) is 36.5 Å². The molecular weight excluding hydrogens is 425 g/mol. The predicted octanol–water partition coefficient (Wildman–Crippen LogP) is 1.72. The Morgan fingerprint density at radius 3 is 2.52 bits per heavy atom. The first kappa shape index (κ1) is 21.2. The highest BCUT2D eigenvalue weighted by Gasteiger charge is 2.32. The lowest BCUT2D eigenvalue weighted by atomic mass is 10.1. The van der Waals surface area contributed by atoms with Crippen molar-refractivity contribution >= 4 is 58.0 Å². The minimum atomic E-state index is -0.377. The second-order valence-corrected chi connectivity index (χ2v) is 8.21. The second kappa shape index (κ2) is 9.56. The van der Waals surface area contributed by atoms with E-state index >= 15 is 0 Å². The Hall–Kier alpha value is 0.110. The number of amides is 1. The van der Waals surface area contributed by atoms with Crippen LogP contribution < -0.4 is 5.32 Å². The van der Waals surface area contributed by atoms with Gasteiger partial charge in [-0.25, -0.2) is 0 Å². The number of carbonyl (C=O) groups excluding carboxylic acids is 1. The number of nitrogens with one attached hydrogen (secondary N) is 1. The van der Waals surface area contributed by atoms with E-state index in [1.807, 2.05) is 4.90 Å². The molecule has 23 heavy (non-hydrogen) atoms. The molecule has 2 fully saturated rings. The first-order valence-electron chi connectivity index (χ1n) is 7.28. The van der Waals surface area contributed by atoms with Crippen LogP contribution in [0, 0.1) is 0 Å². The van der Waals surface area contributed by atoms with Gasteiger partial charge in [0.25, 0.3) is 0 Å². The van der Waals surface area contributed by atoms with Crippen LogP contribution in [0.5, 0.6) is 0 Å². The number of thiophene rings is 1. The Bertz CT molecular complexity index is 512. The third-order valence-corrected chi connectivity index (χ3v) is 5.71. The van der Waals surface area contributed by atoms with Crippen LogP contribution in [0.2, 0.25) is 0 Å². The Balaban J connectivity index is 0.00000132. The van der Waals surface area contributed by atoms with E-state index in [0.29, 0.717) is 13.0 Å². The highest BCUT2D eigenvalue weighted by molar-refractivity contribution is 9.11. The Morgan fingerprint density at radius 1 is 1.30 bits per heavy atom. The van der Waals surface area contributed by atoms with Gasteiger partial charge >= 0.3 is 0 Å². The van der Waals surface area contributed by atoms with Gasteiger partial charge in [-0.1, -0.05) is 0 Å². The number of piperazine rings is 1. The first-order valence-corrected chi connectivity index (χ1v) is 8.89. The fourth-order valence-electron chi connectivity index (χ4n) is 2.91. The summed E-state index contributed by atoms with van der Waals surface area (Å²) >= 11 is 5.25. The van der Waals surface area contributed by atoms with Crippen LogP contribution in [0.4, 0.5) is 0 Å². The van der Waals surface area contributed by atoms with Crippen molar-refractivity contribution < 1.29 is 9.90 Å². The topological polar surface area (TPSA) is 55.8 Å². The number of nitrogens with zero attached hydrogens (tertiary/aromatic N) is 2. The lowest BCUT2D eigenvalue weighted by molar-refractivity contribution is -0.135. The van der Waals surface area contributed by atoms with Gasteiger partial charge in [0.2, 0.25) is 5.91 Å². The largest absolute Gasteiger partial charge is 0.392 e. The fraction of sp³-hybridized carbons (Fsp3) is 0.643. The minimum absolute atomic E-state index is 0. The average molecular weight is 447 g/mol. The summed E-state index contributed by atoms with van der Waals surface area (Å²) in [5.74, 6) is 0.144. The molecule has 2 atom stereocenters. The first-order chi connectivity index (χ1) is 10.1. The van der Waals surface area contributed by atoms with Crippen LogP contribution in [0.25, 0.3) is 0 Å². The van der Waals surface area contributed by atoms with Gasteiger partial charge in [0.05, 0.1) is 15.9 Å². The average Bonchev–Trinajstić information content (AvgIpc) is 3.08. The zero-order chi connectivity index (χ0) is 14.8. The number of aliphatic hydroxyl groups is 1. The standard InChI is InChI=1S/C14H20BrN3O2S.2ClH/c15-13-2-1-11(21-13)9-17-3-5-18(6-4-17)14(20)12-7-10(19)8-16-12;;/h1-2,10,12,16,19H,3-9H2;2*1H. The van der Waals surface area contributed by atoms with Gasteiger partial charge < -0.3 is 15.3 Å². The van der Waals surface area contributed by atoms with Crippen molar-refractivity contribution in [3.05, 3.63) is 20.8 Å². The molecule has 0 spiro atoms. The van der Waals surface area contributed by atoms with Gasteiger partial charge in [0.15, 0.2) is 0 Å². The summed E-state index contributed by atoms with van der Waals surface area (Å²) in [5, 5.41) is 12.6. The van der Waals surface area contributed by atoms with Crippen molar-refractivity contribution in [3.8, 4) is 0 Å². The molecule has 3 rings (SSSR count). The van der Waals surface area contributed by atoms with E-state index in [1.54, 1.807) is 11.3 Å². The van der Waals surface area contributed by atoms with Crippen LogP contribution in [0.15, 0.2) is 15.9 Å². The molecule has 1 aromatic heterocycles. The summed E-state index contributed by atoms with van der Waals surface area (Å²) in [7, 11) is 0. The lowest BCUT2D eigenvalue weighted by Gasteiger charge is -2.35. The van der Waals surface area contributed by atoms with Gasteiger partial charge in [0, 0.05) is 44.1 Å². The van der Waals surface area contributed by atoms with Crippen LogP contribution in [-0.2, 0) is 11.3 Å². The molecule has 0 aromatic carbocycles. The van der Waals surface area contributed by atoms with Gasteiger partial charge in [0.1, 0.15) is 0 Å². The molecule has 2 N–H and O–H groups in total. The van der Waals surface area contributed by atoms with Crippen molar-refractivity contribution in [2.24, 2.45) is 0 Å². The fourth-order valence-corrected chi connectivity index (χ4v) is 4.43. The van der Waals surface area contributed by atoms with Crippen molar-refractivity contribution in [1.82, 2.24) is 15.1 Å². The maximum absolute atomic E-state index is 12.3. The normalized spacial score (nSPS) is 24.9. The molecule has 2 aliphatic heterocycles. The molecule has 9 heteroatoms. The zero-order valence-electron chi connectivity index (χ0n) is 12.6. The van der Waals surface area contributed by atoms with Crippen LogP contribution in [0.3, 0.4) is 0 Å². The lowest BCUT2D eigenvalue weighted by Crippen LogP contribution is -2.52. The van der Waals surface area contributed by atoms with Gasteiger partial charge in [-0.2, -0.15) is 0 Å². The monoisotopic (exact) mass is 445 g/mol. The number of carbonyl (C=O) groups is 1. The zero-order valence-corrected chi connectivity index (χ0v) is 16.6. The van der Waals surface area contributed by atoms with Gasteiger partial charge in [-0.3, -0.25) is 9.69 Å². The SMILES string of the molecule is Cl.Cl.O=C(C1CC(O)CN1)N1CCN(Cc2ccc(Br)s2)CC1. The summed E-state index contributed by atoms with van der Waals surface area (Å²) in [4.78, 5) is 18.0. The van der Waals surface area contributed by atoms with E-state index in [9.17, 15) is 9.90 Å². The Kier molecular flexibility index (Phi) is 8.79.